The van der Waals surface area contributed by atoms with Crippen LogP contribution in [0.2, 0.25) is 0 Å². The van der Waals surface area contributed by atoms with Gasteiger partial charge in [-0.25, -0.2) is 8.42 Å². The summed E-state index contributed by atoms with van der Waals surface area (Å²) in [5.41, 5.74) is 1.83. The molecule has 0 heterocycles. The fourth-order valence-electron chi connectivity index (χ4n) is 4.54. The summed E-state index contributed by atoms with van der Waals surface area (Å²) in [6.07, 6.45) is 2.76. The van der Waals surface area contributed by atoms with Crippen LogP contribution in [0.25, 0.3) is 0 Å². The summed E-state index contributed by atoms with van der Waals surface area (Å²) >= 11 is 0. The Morgan fingerprint density at radius 1 is 1.00 bits per heavy atom. The Labute approximate surface area is 236 Å². The molecule has 0 saturated heterocycles. The monoisotopic (exact) mass is 576 g/mol. The minimum absolute atomic E-state index is 0.0201. The number of aliphatic hydroxyl groups excluding tert-OH is 2. The predicted octanol–water partition coefficient (Wildman–Crippen LogP) is 4.10. The molecule has 0 spiro atoms. The molecule has 2 aromatic carbocycles. The number of rotatable bonds is 15. The zero-order chi connectivity index (χ0) is 29.3. The van der Waals surface area contributed by atoms with Gasteiger partial charge in [0.25, 0.3) is 0 Å². The highest BCUT2D eigenvalue weighted by atomic mass is 32.2. The van der Waals surface area contributed by atoms with E-state index in [0.717, 1.165) is 18.2 Å². The van der Waals surface area contributed by atoms with Crippen molar-refractivity contribution in [2.24, 2.45) is 0 Å². The first-order valence-electron chi connectivity index (χ1n) is 13.2. The lowest BCUT2D eigenvalue weighted by molar-refractivity contribution is -0.250. The maximum absolute atomic E-state index is 12.3. The molecule has 0 saturated carbocycles. The first kappa shape index (κ1) is 31.8. The average Bonchev–Trinajstić information content (AvgIpc) is 2.96. The van der Waals surface area contributed by atoms with Crippen LogP contribution >= 0.6 is 0 Å². The first-order chi connectivity index (χ1) is 19.1. The molecule has 9 nitrogen and oxygen atoms in total. The maximum atomic E-state index is 12.3. The largest absolute Gasteiger partial charge is 0.498 e. The number of benzene rings is 2. The van der Waals surface area contributed by atoms with E-state index in [2.05, 4.69) is 0 Å². The molecule has 4 atom stereocenters. The molecule has 0 amide bonds. The highest BCUT2D eigenvalue weighted by Crippen LogP contribution is 2.37. The third-order valence-electron chi connectivity index (χ3n) is 6.71. The summed E-state index contributed by atoms with van der Waals surface area (Å²) in [6, 6.07) is 14.2. The van der Waals surface area contributed by atoms with Crippen LogP contribution in [-0.2, 0) is 35.4 Å². The van der Waals surface area contributed by atoms with Gasteiger partial charge in [-0.2, -0.15) is 0 Å². The van der Waals surface area contributed by atoms with Crippen molar-refractivity contribution in [1.82, 2.24) is 0 Å². The number of aliphatic hydroxyl groups is 2. The van der Waals surface area contributed by atoms with Crippen molar-refractivity contribution in [2.45, 2.75) is 61.8 Å². The number of hydrogen-bond acceptors (Lipinski definition) is 9. The standard InChI is InChI=1S/C30H40O9S/c1-6-16-38-26-15-12-22(18-28(26)40(5,33)34)24(31)13-14-25(32)23-17-27(35-2)29(36-3)30(19-23,37-4)39-20-21-10-8-7-9-11-21/h7-12,15,17-19,24-25,29,31-32H,6,13-14,16,20H2,1-5H3. The van der Waals surface area contributed by atoms with E-state index in [4.69, 9.17) is 23.7 Å². The summed E-state index contributed by atoms with van der Waals surface area (Å²) < 4.78 is 53.6. The highest BCUT2D eigenvalue weighted by molar-refractivity contribution is 7.90. The zero-order valence-corrected chi connectivity index (χ0v) is 24.5. The maximum Gasteiger partial charge on any atom is 0.223 e. The quantitative estimate of drug-likeness (QED) is 0.302. The lowest BCUT2D eigenvalue weighted by Gasteiger charge is -2.40. The Kier molecular flexibility index (Phi) is 11.3. The number of hydrogen-bond donors (Lipinski definition) is 2. The predicted molar refractivity (Wildman–Crippen MR) is 150 cm³/mol. The molecule has 0 fully saturated rings. The van der Waals surface area contributed by atoms with Crippen LogP contribution in [0, 0.1) is 0 Å². The Bertz CT molecular complexity index is 1270. The molecule has 2 N–H and O–H groups in total. The van der Waals surface area contributed by atoms with Crippen LogP contribution in [0.5, 0.6) is 5.75 Å². The molecule has 3 rings (SSSR count). The van der Waals surface area contributed by atoms with Crippen LogP contribution in [-0.4, -0.2) is 70.8 Å². The molecule has 0 aromatic heterocycles. The number of sulfone groups is 1. The highest BCUT2D eigenvalue weighted by Gasteiger charge is 2.45. The van der Waals surface area contributed by atoms with Crippen molar-refractivity contribution in [2.75, 3.05) is 34.2 Å². The van der Waals surface area contributed by atoms with E-state index in [-0.39, 0.29) is 30.1 Å². The second kappa shape index (κ2) is 14.2. The fourth-order valence-corrected chi connectivity index (χ4v) is 5.38. The molecule has 0 bridgehead atoms. The van der Waals surface area contributed by atoms with Crippen LogP contribution < -0.4 is 4.74 Å². The second-order valence-electron chi connectivity index (χ2n) is 9.65. The summed E-state index contributed by atoms with van der Waals surface area (Å²) in [4.78, 5) is 0.0201. The molecule has 0 aliphatic heterocycles. The van der Waals surface area contributed by atoms with Gasteiger partial charge >= 0.3 is 0 Å². The summed E-state index contributed by atoms with van der Waals surface area (Å²) in [6.45, 7) is 2.53. The summed E-state index contributed by atoms with van der Waals surface area (Å²) in [5.74, 6) is -0.711. The van der Waals surface area contributed by atoms with Gasteiger partial charge in [0.05, 0.1) is 32.5 Å². The number of methoxy groups -OCH3 is 3. The molecule has 220 valence electrons. The van der Waals surface area contributed by atoms with Gasteiger partial charge in [0.15, 0.2) is 15.9 Å². The van der Waals surface area contributed by atoms with Gasteiger partial charge < -0.3 is 33.9 Å². The van der Waals surface area contributed by atoms with Gasteiger partial charge in [-0.3, -0.25) is 0 Å². The fraction of sp³-hybridized carbons (Fsp3) is 0.467. The topological polar surface area (TPSA) is 121 Å². The Morgan fingerprint density at radius 3 is 2.30 bits per heavy atom. The lowest BCUT2D eigenvalue weighted by atomic mass is 9.91. The van der Waals surface area contributed by atoms with Gasteiger partial charge in [0.2, 0.25) is 5.79 Å². The molecule has 1 aliphatic carbocycles. The molecule has 40 heavy (non-hydrogen) atoms. The van der Waals surface area contributed by atoms with Gasteiger partial charge in [-0.05, 0) is 60.2 Å². The molecular weight excluding hydrogens is 536 g/mol. The lowest BCUT2D eigenvalue weighted by Crippen LogP contribution is -2.49. The van der Waals surface area contributed by atoms with Crippen molar-refractivity contribution < 1.29 is 42.3 Å². The van der Waals surface area contributed by atoms with Crippen LogP contribution in [0.4, 0.5) is 0 Å². The average molecular weight is 577 g/mol. The van der Waals surface area contributed by atoms with Crippen molar-refractivity contribution >= 4 is 9.84 Å². The zero-order valence-electron chi connectivity index (χ0n) is 23.7. The Morgan fingerprint density at radius 2 is 1.70 bits per heavy atom. The van der Waals surface area contributed by atoms with Gasteiger partial charge in [0.1, 0.15) is 16.4 Å². The molecule has 0 radical (unpaired) electrons. The van der Waals surface area contributed by atoms with E-state index in [0.29, 0.717) is 23.5 Å². The molecule has 10 heteroatoms. The first-order valence-corrected chi connectivity index (χ1v) is 15.0. The molecule has 4 unspecified atom stereocenters. The molecular formula is C30H40O9S. The van der Waals surface area contributed by atoms with Crippen molar-refractivity contribution in [3.8, 4) is 5.75 Å². The Balaban J connectivity index is 1.80. The van der Waals surface area contributed by atoms with Gasteiger partial charge in [-0.1, -0.05) is 43.3 Å². The third-order valence-corrected chi connectivity index (χ3v) is 7.83. The van der Waals surface area contributed by atoms with E-state index in [9.17, 15) is 18.6 Å². The van der Waals surface area contributed by atoms with Gasteiger partial charge in [-0.15, -0.1) is 0 Å². The smallest absolute Gasteiger partial charge is 0.223 e. The normalized spacial score (nSPS) is 20.8. The SMILES string of the molecule is CCCOc1ccc(C(O)CCC(O)C2=CC(OC)(OCc3ccccc3)C(OC)C(OC)=C2)cc1S(C)(=O)=O. The van der Waals surface area contributed by atoms with E-state index in [1.165, 1.54) is 27.4 Å². The van der Waals surface area contributed by atoms with E-state index >= 15 is 0 Å². The molecule has 2 aromatic rings. The van der Waals surface area contributed by atoms with Crippen molar-refractivity contribution in [3.05, 3.63) is 83.1 Å². The van der Waals surface area contributed by atoms with Crippen LogP contribution in [0.15, 0.2) is 76.9 Å². The van der Waals surface area contributed by atoms with Crippen LogP contribution in [0.3, 0.4) is 0 Å². The van der Waals surface area contributed by atoms with E-state index < -0.39 is 33.9 Å². The Hall–Kier alpha value is -2.73. The number of ether oxygens (including phenoxy) is 5. The van der Waals surface area contributed by atoms with Crippen molar-refractivity contribution in [1.29, 1.82) is 0 Å². The second-order valence-corrected chi connectivity index (χ2v) is 11.6. The van der Waals surface area contributed by atoms with Gasteiger partial charge in [0, 0.05) is 20.5 Å². The van der Waals surface area contributed by atoms with E-state index in [1.807, 2.05) is 37.3 Å². The third kappa shape index (κ3) is 7.72. The summed E-state index contributed by atoms with van der Waals surface area (Å²) in [7, 11) is 0.932. The summed E-state index contributed by atoms with van der Waals surface area (Å²) in [5, 5.41) is 22.0. The van der Waals surface area contributed by atoms with Crippen molar-refractivity contribution in [3.63, 3.8) is 0 Å². The molecule has 1 aliphatic rings. The van der Waals surface area contributed by atoms with Crippen LogP contribution in [0.1, 0.15) is 43.4 Å². The minimum atomic E-state index is -3.58. The minimum Gasteiger partial charge on any atom is -0.498 e. The van der Waals surface area contributed by atoms with E-state index in [1.54, 1.807) is 24.3 Å².